The zero-order valence-electron chi connectivity index (χ0n) is 9.43. The van der Waals surface area contributed by atoms with Gasteiger partial charge in [0.2, 0.25) is 0 Å². The summed E-state index contributed by atoms with van der Waals surface area (Å²) in [7, 11) is 3.36. The number of imidazole rings is 1. The fourth-order valence-electron chi connectivity index (χ4n) is 1.73. The predicted octanol–water partition coefficient (Wildman–Crippen LogP) is 1.68. The first-order chi connectivity index (χ1) is 7.72. The van der Waals surface area contributed by atoms with Crippen LogP contribution in [0, 0.1) is 0 Å². The predicted molar refractivity (Wildman–Crippen MR) is 61.1 cm³/mol. The number of fused-ring (bicyclic) bond motifs is 1. The molecule has 0 N–H and O–H groups in total. The molecule has 0 atom stereocenters. The van der Waals surface area contributed by atoms with Gasteiger partial charge in [-0.1, -0.05) is 12.1 Å². The number of ether oxygens (including phenoxy) is 1. The molecule has 0 radical (unpaired) electrons. The summed E-state index contributed by atoms with van der Waals surface area (Å²) in [5.74, 6) is 0.707. The number of carbonyl (C=O) groups excluding carboxylic acids is 1. The van der Waals surface area contributed by atoms with E-state index in [1.165, 1.54) is 7.11 Å². The third-order valence-electron chi connectivity index (χ3n) is 2.66. The number of carbonyl (C=O) groups is 1. The molecular formula is C12H14N2O2. The Hall–Kier alpha value is -1.84. The Balaban J connectivity index is 2.24. The second-order valence-corrected chi connectivity index (χ2v) is 3.65. The van der Waals surface area contributed by atoms with Crippen molar-refractivity contribution in [1.29, 1.82) is 0 Å². The summed E-state index contributed by atoms with van der Waals surface area (Å²) in [6, 6.07) is 7.93. The lowest BCUT2D eigenvalue weighted by Crippen LogP contribution is -2.05. The van der Waals surface area contributed by atoms with Crippen molar-refractivity contribution in [3.8, 4) is 0 Å². The Morgan fingerprint density at radius 1 is 1.44 bits per heavy atom. The summed E-state index contributed by atoms with van der Waals surface area (Å²) in [6.07, 6.45) is 0.978. The molecule has 4 nitrogen and oxygen atoms in total. The number of esters is 1. The SMILES string of the molecule is COC(=O)CCc1nc2ccccc2n1C. The average Bonchev–Trinajstić information content (AvgIpc) is 2.64. The number of nitrogens with zero attached hydrogens (tertiary/aromatic N) is 2. The second-order valence-electron chi connectivity index (χ2n) is 3.65. The van der Waals surface area contributed by atoms with Crippen molar-refractivity contribution in [3.63, 3.8) is 0 Å². The average molecular weight is 218 g/mol. The van der Waals surface area contributed by atoms with E-state index in [0.717, 1.165) is 16.9 Å². The van der Waals surface area contributed by atoms with Gasteiger partial charge in [-0.3, -0.25) is 4.79 Å². The highest BCUT2D eigenvalue weighted by Crippen LogP contribution is 2.15. The summed E-state index contributed by atoms with van der Waals surface area (Å²) in [4.78, 5) is 15.5. The van der Waals surface area contributed by atoms with Crippen LogP contribution in [0.3, 0.4) is 0 Å². The van der Waals surface area contributed by atoms with E-state index < -0.39 is 0 Å². The van der Waals surface area contributed by atoms with Crippen LogP contribution in [0.2, 0.25) is 0 Å². The molecule has 0 spiro atoms. The fourth-order valence-corrected chi connectivity index (χ4v) is 1.73. The molecule has 16 heavy (non-hydrogen) atoms. The van der Waals surface area contributed by atoms with Gasteiger partial charge in [0.15, 0.2) is 0 Å². The third-order valence-corrected chi connectivity index (χ3v) is 2.66. The highest BCUT2D eigenvalue weighted by atomic mass is 16.5. The zero-order chi connectivity index (χ0) is 11.5. The van der Waals surface area contributed by atoms with Gasteiger partial charge in [-0.2, -0.15) is 0 Å². The van der Waals surface area contributed by atoms with Crippen molar-refractivity contribution in [2.75, 3.05) is 7.11 Å². The van der Waals surface area contributed by atoms with Crippen LogP contribution in [0.25, 0.3) is 11.0 Å². The van der Waals surface area contributed by atoms with Gasteiger partial charge in [-0.15, -0.1) is 0 Å². The lowest BCUT2D eigenvalue weighted by atomic mass is 10.3. The van der Waals surface area contributed by atoms with Crippen molar-refractivity contribution >= 4 is 17.0 Å². The van der Waals surface area contributed by atoms with Crippen LogP contribution in [0.1, 0.15) is 12.2 Å². The van der Waals surface area contributed by atoms with Crippen LogP contribution in [-0.2, 0) is 23.0 Å². The lowest BCUT2D eigenvalue weighted by molar-refractivity contribution is -0.140. The molecular weight excluding hydrogens is 204 g/mol. The smallest absolute Gasteiger partial charge is 0.305 e. The van der Waals surface area contributed by atoms with E-state index in [4.69, 9.17) is 0 Å². The largest absolute Gasteiger partial charge is 0.469 e. The lowest BCUT2D eigenvalue weighted by Gasteiger charge is -2.01. The Morgan fingerprint density at radius 3 is 2.88 bits per heavy atom. The first-order valence-corrected chi connectivity index (χ1v) is 5.19. The van der Waals surface area contributed by atoms with Crippen LogP contribution in [0.5, 0.6) is 0 Å². The highest BCUT2D eigenvalue weighted by Gasteiger charge is 2.09. The second kappa shape index (κ2) is 4.35. The molecule has 1 aromatic heterocycles. The molecule has 0 aliphatic heterocycles. The normalized spacial score (nSPS) is 10.6. The molecule has 0 saturated heterocycles. The van der Waals surface area contributed by atoms with E-state index in [0.29, 0.717) is 12.8 Å². The van der Waals surface area contributed by atoms with Gasteiger partial charge < -0.3 is 9.30 Å². The minimum absolute atomic E-state index is 0.202. The molecule has 84 valence electrons. The molecule has 0 amide bonds. The summed E-state index contributed by atoms with van der Waals surface area (Å²) in [5, 5.41) is 0. The van der Waals surface area contributed by atoms with E-state index in [9.17, 15) is 4.79 Å². The molecule has 0 fully saturated rings. The number of hydrogen-bond acceptors (Lipinski definition) is 3. The Bertz CT molecular complexity index is 517. The maximum Gasteiger partial charge on any atom is 0.305 e. The Morgan fingerprint density at radius 2 is 2.19 bits per heavy atom. The number of benzene rings is 1. The van der Waals surface area contributed by atoms with Crippen molar-refractivity contribution in [2.24, 2.45) is 7.05 Å². The molecule has 0 saturated carbocycles. The van der Waals surface area contributed by atoms with Gasteiger partial charge in [0.25, 0.3) is 0 Å². The van der Waals surface area contributed by atoms with Gasteiger partial charge in [0.1, 0.15) is 5.82 Å². The van der Waals surface area contributed by atoms with Crippen LogP contribution < -0.4 is 0 Å². The van der Waals surface area contributed by atoms with Gasteiger partial charge >= 0.3 is 5.97 Å². The topological polar surface area (TPSA) is 44.1 Å². The van der Waals surface area contributed by atoms with E-state index >= 15 is 0 Å². The van der Waals surface area contributed by atoms with E-state index in [1.54, 1.807) is 0 Å². The molecule has 2 rings (SSSR count). The number of rotatable bonds is 3. The fraction of sp³-hybridized carbons (Fsp3) is 0.333. The molecule has 4 heteroatoms. The van der Waals surface area contributed by atoms with Crippen molar-refractivity contribution in [2.45, 2.75) is 12.8 Å². The molecule has 1 heterocycles. The van der Waals surface area contributed by atoms with Crippen LogP contribution >= 0.6 is 0 Å². The first-order valence-electron chi connectivity index (χ1n) is 5.19. The molecule has 0 aliphatic carbocycles. The Labute approximate surface area is 93.9 Å². The maximum absolute atomic E-state index is 11.1. The highest BCUT2D eigenvalue weighted by molar-refractivity contribution is 5.76. The Kier molecular flexibility index (Phi) is 2.90. The molecule has 0 unspecified atom stereocenters. The molecule has 1 aromatic carbocycles. The van der Waals surface area contributed by atoms with Gasteiger partial charge in [0.05, 0.1) is 24.6 Å². The number of methoxy groups -OCH3 is 1. The van der Waals surface area contributed by atoms with Crippen molar-refractivity contribution < 1.29 is 9.53 Å². The van der Waals surface area contributed by atoms with Crippen LogP contribution in [-0.4, -0.2) is 22.6 Å². The molecule has 2 aromatic rings. The van der Waals surface area contributed by atoms with Gasteiger partial charge in [-0.05, 0) is 12.1 Å². The van der Waals surface area contributed by atoms with Crippen LogP contribution in [0.15, 0.2) is 24.3 Å². The molecule has 0 bridgehead atoms. The minimum atomic E-state index is -0.202. The van der Waals surface area contributed by atoms with Gasteiger partial charge in [0, 0.05) is 13.5 Å². The summed E-state index contributed by atoms with van der Waals surface area (Å²) in [5.41, 5.74) is 2.05. The van der Waals surface area contributed by atoms with Crippen molar-refractivity contribution in [1.82, 2.24) is 9.55 Å². The maximum atomic E-state index is 11.1. The quantitative estimate of drug-likeness (QED) is 0.736. The van der Waals surface area contributed by atoms with Crippen LogP contribution in [0.4, 0.5) is 0 Å². The van der Waals surface area contributed by atoms with Crippen molar-refractivity contribution in [3.05, 3.63) is 30.1 Å². The minimum Gasteiger partial charge on any atom is -0.469 e. The monoisotopic (exact) mass is 218 g/mol. The number of aryl methyl sites for hydroxylation is 2. The van der Waals surface area contributed by atoms with Gasteiger partial charge in [-0.25, -0.2) is 4.98 Å². The summed E-state index contributed by atoms with van der Waals surface area (Å²) >= 11 is 0. The number of aromatic nitrogens is 2. The number of para-hydroxylation sites is 2. The molecule has 0 aliphatic rings. The van der Waals surface area contributed by atoms with E-state index in [-0.39, 0.29) is 5.97 Å². The summed E-state index contributed by atoms with van der Waals surface area (Å²) in [6.45, 7) is 0. The third kappa shape index (κ3) is 1.91. The zero-order valence-corrected chi connectivity index (χ0v) is 9.43. The number of hydrogen-bond donors (Lipinski definition) is 0. The summed E-state index contributed by atoms with van der Waals surface area (Å²) < 4.78 is 6.62. The first kappa shape index (κ1) is 10.7. The standard InChI is InChI=1S/C12H14N2O2/c1-14-10-6-4-3-5-9(10)13-11(14)7-8-12(15)16-2/h3-6H,7-8H2,1-2H3. The van der Waals surface area contributed by atoms with E-state index in [1.807, 2.05) is 35.9 Å². The van der Waals surface area contributed by atoms with E-state index in [2.05, 4.69) is 9.72 Å².